The summed E-state index contributed by atoms with van der Waals surface area (Å²) in [7, 11) is 0. The normalized spacial score (nSPS) is 14.0. The molecule has 4 nitrogen and oxygen atoms in total. The maximum Gasteiger partial charge on any atom is 0.232 e. The Kier molecular flexibility index (Phi) is 7.53. The van der Waals surface area contributed by atoms with Crippen LogP contribution >= 0.6 is 0 Å². The van der Waals surface area contributed by atoms with Crippen molar-refractivity contribution in [2.45, 2.75) is 52.0 Å². The fraction of sp³-hybridized carbons (Fsp3) is 0.500. The summed E-state index contributed by atoms with van der Waals surface area (Å²) in [6.07, 6.45) is 7.96. The van der Waals surface area contributed by atoms with Crippen LogP contribution in [0.5, 0.6) is 0 Å². The van der Waals surface area contributed by atoms with Gasteiger partial charge >= 0.3 is 0 Å². The zero-order valence-electron chi connectivity index (χ0n) is 14.6. The van der Waals surface area contributed by atoms with E-state index in [9.17, 15) is 9.59 Å². The minimum atomic E-state index is -0.178. The molecule has 0 unspecified atom stereocenters. The van der Waals surface area contributed by atoms with Crippen LogP contribution in [0.2, 0.25) is 0 Å². The van der Waals surface area contributed by atoms with Gasteiger partial charge in [0.15, 0.2) is 0 Å². The number of rotatable bonds is 8. The number of nitrogens with zero attached hydrogens (tertiary/aromatic N) is 1. The van der Waals surface area contributed by atoms with Gasteiger partial charge in [-0.1, -0.05) is 42.0 Å². The predicted octanol–water partition coefficient (Wildman–Crippen LogP) is 3.43. The first-order valence-electron chi connectivity index (χ1n) is 8.95. The predicted molar refractivity (Wildman–Crippen MR) is 96.3 cm³/mol. The van der Waals surface area contributed by atoms with Gasteiger partial charge in [0.05, 0.1) is 0 Å². The summed E-state index contributed by atoms with van der Waals surface area (Å²) in [5, 5.41) is 2.88. The molecule has 0 radical (unpaired) electrons. The van der Waals surface area contributed by atoms with Crippen LogP contribution in [0.25, 0.3) is 0 Å². The number of hydrogen-bond donors (Lipinski definition) is 1. The van der Waals surface area contributed by atoms with Gasteiger partial charge in [-0.05, 0) is 44.6 Å². The highest BCUT2D eigenvalue weighted by Crippen LogP contribution is 2.19. The number of benzene rings is 1. The van der Waals surface area contributed by atoms with Crippen molar-refractivity contribution in [2.24, 2.45) is 0 Å². The average molecular weight is 328 g/mol. The van der Waals surface area contributed by atoms with E-state index in [1.165, 1.54) is 18.4 Å². The van der Waals surface area contributed by atoms with Crippen LogP contribution in [0, 0.1) is 0 Å². The maximum atomic E-state index is 12.3. The Bertz CT molecular complexity index is 566. The maximum absolute atomic E-state index is 12.3. The van der Waals surface area contributed by atoms with Crippen LogP contribution < -0.4 is 5.32 Å². The lowest BCUT2D eigenvalue weighted by molar-refractivity contribution is -0.136. The van der Waals surface area contributed by atoms with E-state index in [2.05, 4.69) is 11.4 Å². The molecule has 4 heteroatoms. The molecule has 1 aromatic carbocycles. The molecule has 130 valence electrons. The Morgan fingerprint density at radius 2 is 1.96 bits per heavy atom. The van der Waals surface area contributed by atoms with Gasteiger partial charge in [0.25, 0.3) is 0 Å². The highest BCUT2D eigenvalue weighted by molar-refractivity contribution is 5.96. The smallest absolute Gasteiger partial charge is 0.232 e. The molecule has 0 heterocycles. The largest absolute Gasteiger partial charge is 0.355 e. The van der Waals surface area contributed by atoms with E-state index in [0.717, 1.165) is 24.8 Å². The number of nitrogens with one attached hydrogen (secondary N) is 1. The van der Waals surface area contributed by atoms with Crippen molar-refractivity contribution in [1.82, 2.24) is 10.2 Å². The van der Waals surface area contributed by atoms with E-state index in [-0.39, 0.29) is 18.2 Å². The summed E-state index contributed by atoms with van der Waals surface area (Å²) in [6.45, 7) is 3.72. The molecule has 0 spiro atoms. The van der Waals surface area contributed by atoms with Crippen LogP contribution in [-0.4, -0.2) is 29.8 Å². The molecule has 0 bridgehead atoms. The third kappa shape index (κ3) is 6.19. The SMILES string of the molecule is CCN(Cc1ccccc1)C(=O)CC(=O)NCCC1=CCCCC1. The van der Waals surface area contributed by atoms with Crippen LogP contribution in [0.1, 0.15) is 51.0 Å². The fourth-order valence-electron chi connectivity index (χ4n) is 2.99. The van der Waals surface area contributed by atoms with Gasteiger partial charge in [0.2, 0.25) is 11.8 Å². The van der Waals surface area contributed by atoms with Crippen LogP contribution in [0.3, 0.4) is 0 Å². The van der Waals surface area contributed by atoms with E-state index < -0.39 is 0 Å². The Morgan fingerprint density at radius 3 is 2.62 bits per heavy atom. The first kappa shape index (κ1) is 18.2. The van der Waals surface area contributed by atoms with Gasteiger partial charge in [-0.25, -0.2) is 0 Å². The standard InChI is InChI=1S/C20H28N2O2/c1-2-22(16-18-11-7-4-8-12-18)20(24)15-19(23)21-14-13-17-9-5-3-6-10-17/h4,7-9,11-12H,2-3,5-6,10,13-16H2,1H3,(H,21,23). The molecule has 0 saturated carbocycles. The molecule has 1 N–H and O–H groups in total. The fourth-order valence-corrected chi connectivity index (χ4v) is 2.99. The molecule has 2 rings (SSSR count). The molecule has 24 heavy (non-hydrogen) atoms. The monoisotopic (exact) mass is 328 g/mol. The van der Waals surface area contributed by atoms with Crippen molar-refractivity contribution in [1.29, 1.82) is 0 Å². The van der Waals surface area contributed by atoms with Crippen LogP contribution in [0.15, 0.2) is 42.0 Å². The minimum absolute atomic E-state index is 0.0697. The molecule has 0 fully saturated rings. The summed E-state index contributed by atoms with van der Waals surface area (Å²) in [4.78, 5) is 26.0. The van der Waals surface area contributed by atoms with E-state index in [1.807, 2.05) is 37.3 Å². The lowest BCUT2D eigenvalue weighted by Gasteiger charge is -2.21. The van der Waals surface area contributed by atoms with Gasteiger partial charge in [0.1, 0.15) is 6.42 Å². The van der Waals surface area contributed by atoms with Crippen molar-refractivity contribution in [3.8, 4) is 0 Å². The van der Waals surface area contributed by atoms with Crippen molar-refractivity contribution in [2.75, 3.05) is 13.1 Å². The number of allylic oxidation sites excluding steroid dienone is 1. The summed E-state index contributed by atoms with van der Waals surface area (Å²) < 4.78 is 0. The Hall–Kier alpha value is -2.10. The second kappa shape index (κ2) is 9.91. The summed E-state index contributed by atoms with van der Waals surface area (Å²) in [5.74, 6) is -0.293. The third-order valence-corrected chi connectivity index (χ3v) is 4.42. The Balaban J connectivity index is 1.72. The highest BCUT2D eigenvalue weighted by atomic mass is 16.2. The molecule has 0 aromatic heterocycles. The Labute approximate surface area is 144 Å². The lowest BCUT2D eigenvalue weighted by atomic mass is 9.97. The van der Waals surface area contributed by atoms with Gasteiger partial charge in [0, 0.05) is 19.6 Å². The Morgan fingerprint density at radius 1 is 1.17 bits per heavy atom. The van der Waals surface area contributed by atoms with E-state index in [0.29, 0.717) is 19.6 Å². The number of hydrogen-bond acceptors (Lipinski definition) is 2. The molecule has 1 aromatic rings. The molecule has 1 aliphatic rings. The number of amides is 2. The first-order valence-corrected chi connectivity index (χ1v) is 8.95. The van der Waals surface area contributed by atoms with Crippen molar-refractivity contribution < 1.29 is 9.59 Å². The summed E-state index contributed by atoms with van der Waals surface area (Å²) >= 11 is 0. The number of carbonyl (C=O) groups is 2. The van der Waals surface area contributed by atoms with E-state index in [1.54, 1.807) is 4.90 Å². The second-order valence-electron chi connectivity index (χ2n) is 6.28. The second-order valence-corrected chi connectivity index (χ2v) is 6.28. The summed E-state index contributed by atoms with van der Waals surface area (Å²) in [5.41, 5.74) is 2.52. The zero-order chi connectivity index (χ0) is 17.2. The number of carbonyl (C=O) groups excluding carboxylic acids is 2. The molecule has 0 aliphatic heterocycles. The van der Waals surface area contributed by atoms with E-state index in [4.69, 9.17) is 0 Å². The molecule has 0 atom stereocenters. The van der Waals surface area contributed by atoms with Gasteiger partial charge < -0.3 is 10.2 Å². The van der Waals surface area contributed by atoms with E-state index >= 15 is 0 Å². The molecule has 0 saturated heterocycles. The first-order chi connectivity index (χ1) is 11.7. The van der Waals surface area contributed by atoms with Gasteiger partial charge in [-0.15, -0.1) is 0 Å². The van der Waals surface area contributed by atoms with Crippen LogP contribution in [-0.2, 0) is 16.1 Å². The lowest BCUT2D eigenvalue weighted by Crippen LogP contribution is -2.35. The quantitative estimate of drug-likeness (QED) is 0.587. The van der Waals surface area contributed by atoms with Crippen molar-refractivity contribution in [3.63, 3.8) is 0 Å². The highest BCUT2D eigenvalue weighted by Gasteiger charge is 2.16. The molecular weight excluding hydrogens is 300 g/mol. The van der Waals surface area contributed by atoms with Crippen molar-refractivity contribution in [3.05, 3.63) is 47.5 Å². The average Bonchev–Trinajstić information content (AvgIpc) is 2.61. The van der Waals surface area contributed by atoms with Crippen LogP contribution in [0.4, 0.5) is 0 Å². The van der Waals surface area contributed by atoms with Crippen molar-refractivity contribution >= 4 is 11.8 Å². The third-order valence-electron chi connectivity index (χ3n) is 4.42. The zero-order valence-corrected chi connectivity index (χ0v) is 14.6. The minimum Gasteiger partial charge on any atom is -0.355 e. The van der Waals surface area contributed by atoms with Gasteiger partial charge in [-0.2, -0.15) is 0 Å². The molecule has 2 amide bonds. The topological polar surface area (TPSA) is 49.4 Å². The molecule has 1 aliphatic carbocycles. The summed E-state index contributed by atoms with van der Waals surface area (Å²) in [6, 6.07) is 9.86. The van der Waals surface area contributed by atoms with Gasteiger partial charge in [-0.3, -0.25) is 9.59 Å². The molecular formula is C20H28N2O2.